The van der Waals surface area contributed by atoms with E-state index in [0.717, 1.165) is 36.2 Å². The van der Waals surface area contributed by atoms with Crippen LogP contribution >= 0.6 is 0 Å². The average Bonchev–Trinajstić information content (AvgIpc) is 3.21. The van der Waals surface area contributed by atoms with E-state index < -0.39 is 11.7 Å². The van der Waals surface area contributed by atoms with Gasteiger partial charge in [-0.1, -0.05) is 30.3 Å². The van der Waals surface area contributed by atoms with Crippen LogP contribution in [-0.4, -0.2) is 54.5 Å². The van der Waals surface area contributed by atoms with E-state index in [-0.39, 0.29) is 11.9 Å². The molecule has 176 valence electrons. The van der Waals surface area contributed by atoms with Gasteiger partial charge in [0.25, 0.3) is 0 Å². The maximum Gasteiger partial charge on any atom is 0.416 e. The highest BCUT2D eigenvalue weighted by molar-refractivity contribution is 5.78. The molecule has 2 heterocycles. The van der Waals surface area contributed by atoms with Crippen LogP contribution in [0.25, 0.3) is 0 Å². The number of alkyl halides is 3. The number of anilines is 1. The van der Waals surface area contributed by atoms with Crippen molar-refractivity contribution in [1.29, 1.82) is 0 Å². The highest BCUT2D eigenvalue weighted by Crippen LogP contribution is 2.31. The lowest BCUT2D eigenvalue weighted by Gasteiger charge is -2.36. The van der Waals surface area contributed by atoms with Crippen molar-refractivity contribution < 1.29 is 22.8 Å². The zero-order valence-electron chi connectivity index (χ0n) is 18.3. The van der Waals surface area contributed by atoms with Crippen molar-refractivity contribution in [2.75, 3.05) is 37.6 Å². The molecule has 4 rings (SSSR count). The Kier molecular flexibility index (Phi) is 6.76. The third kappa shape index (κ3) is 5.77. The van der Waals surface area contributed by atoms with Crippen LogP contribution in [0.3, 0.4) is 0 Å². The summed E-state index contributed by atoms with van der Waals surface area (Å²) < 4.78 is 38.9. The van der Waals surface area contributed by atoms with Crippen LogP contribution in [0.1, 0.15) is 29.5 Å². The molecule has 2 fully saturated rings. The first-order chi connectivity index (χ1) is 15.8. The molecule has 0 radical (unpaired) electrons. The molecule has 0 aromatic heterocycles. The van der Waals surface area contributed by atoms with Gasteiger partial charge in [-0.25, -0.2) is 4.79 Å². The molecule has 2 saturated heterocycles. The van der Waals surface area contributed by atoms with E-state index in [1.165, 1.54) is 6.07 Å². The summed E-state index contributed by atoms with van der Waals surface area (Å²) >= 11 is 0. The van der Waals surface area contributed by atoms with Gasteiger partial charge >= 0.3 is 12.2 Å². The Morgan fingerprint density at radius 3 is 2.36 bits per heavy atom. The fraction of sp³-hybridized carbons (Fsp3) is 0.417. The van der Waals surface area contributed by atoms with Gasteiger partial charge in [0, 0.05) is 57.9 Å². The average molecular weight is 461 g/mol. The number of benzene rings is 2. The first kappa shape index (κ1) is 22.9. The lowest BCUT2D eigenvalue weighted by atomic mass is 10.1. The highest BCUT2D eigenvalue weighted by atomic mass is 19.4. The molecule has 6 nitrogen and oxygen atoms in total. The van der Waals surface area contributed by atoms with Crippen LogP contribution in [0.15, 0.2) is 48.5 Å². The molecule has 0 saturated carbocycles. The molecule has 2 aromatic rings. The van der Waals surface area contributed by atoms with Crippen molar-refractivity contribution >= 4 is 17.6 Å². The van der Waals surface area contributed by atoms with Crippen LogP contribution in [0, 0.1) is 0 Å². The predicted molar refractivity (Wildman–Crippen MR) is 119 cm³/mol. The second-order valence-corrected chi connectivity index (χ2v) is 8.42. The van der Waals surface area contributed by atoms with Crippen molar-refractivity contribution in [3.05, 3.63) is 65.2 Å². The number of nitrogens with one attached hydrogen (secondary N) is 1. The van der Waals surface area contributed by atoms with Gasteiger partial charge in [-0.15, -0.1) is 0 Å². The number of carbonyl (C=O) groups excluding carboxylic acids is 2. The molecular formula is C24H27F3N4O2. The number of piperazine rings is 1. The topological polar surface area (TPSA) is 55.9 Å². The van der Waals surface area contributed by atoms with Crippen molar-refractivity contribution in [2.24, 2.45) is 0 Å². The Labute approximate surface area is 191 Å². The van der Waals surface area contributed by atoms with Crippen molar-refractivity contribution in [3.63, 3.8) is 0 Å². The largest absolute Gasteiger partial charge is 0.416 e. The zero-order chi connectivity index (χ0) is 23.4. The molecule has 1 N–H and O–H groups in total. The lowest BCUT2D eigenvalue weighted by molar-refractivity contribution is -0.137. The number of hydrogen-bond acceptors (Lipinski definition) is 3. The van der Waals surface area contributed by atoms with Gasteiger partial charge in [-0.2, -0.15) is 13.2 Å². The Hall–Kier alpha value is -3.23. The summed E-state index contributed by atoms with van der Waals surface area (Å²) in [6.07, 6.45) is -2.87. The first-order valence-electron chi connectivity index (χ1n) is 11.1. The number of likely N-dealkylation sites (tertiary alicyclic amines) is 1. The molecule has 0 unspecified atom stereocenters. The molecule has 3 amide bonds. The van der Waals surface area contributed by atoms with E-state index in [9.17, 15) is 22.8 Å². The summed E-state index contributed by atoms with van der Waals surface area (Å²) in [6, 6.07) is 12.9. The summed E-state index contributed by atoms with van der Waals surface area (Å²) in [5.74, 6) is 0.179. The number of carbonyl (C=O) groups is 2. The number of urea groups is 1. The monoisotopic (exact) mass is 460 g/mol. The predicted octanol–water partition coefficient (Wildman–Crippen LogP) is 3.86. The van der Waals surface area contributed by atoms with E-state index in [1.54, 1.807) is 11.0 Å². The summed E-state index contributed by atoms with van der Waals surface area (Å²) in [6.45, 7) is 3.53. The number of amides is 3. The third-order valence-electron chi connectivity index (χ3n) is 6.09. The van der Waals surface area contributed by atoms with Crippen LogP contribution in [-0.2, 0) is 24.1 Å². The second-order valence-electron chi connectivity index (χ2n) is 8.42. The minimum absolute atomic E-state index is 0.179. The number of hydrogen-bond donors (Lipinski definition) is 1. The normalized spacial score (nSPS) is 16.9. The maximum absolute atomic E-state index is 13.0. The van der Waals surface area contributed by atoms with E-state index in [1.807, 2.05) is 34.1 Å². The van der Waals surface area contributed by atoms with E-state index in [2.05, 4.69) is 5.32 Å². The molecule has 2 aliphatic heterocycles. The van der Waals surface area contributed by atoms with Gasteiger partial charge in [0.05, 0.1) is 5.56 Å². The highest BCUT2D eigenvalue weighted by Gasteiger charge is 2.31. The molecule has 2 aliphatic rings. The van der Waals surface area contributed by atoms with Crippen LogP contribution in [0.4, 0.5) is 23.7 Å². The summed E-state index contributed by atoms with van der Waals surface area (Å²) in [7, 11) is 0. The molecule has 0 atom stereocenters. The summed E-state index contributed by atoms with van der Waals surface area (Å²) in [5.41, 5.74) is 1.83. The Balaban J connectivity index is 1.27. The quantitative estimate of drug-likeness (QED) is 0.737. The van der Waals surface area contributed by atoms with Gasteiger partial charge in [-0.3, -0.25) is 4.79 Å². The van der Waals surface area contributed by atoms with Crippen LogP contribution in [0.2, 0.25) is 0 Å². The Morgan fingerprint density at radius 1 is 0.939 bits per heavy atom. The number of nitrogens with zero attached hydrogens (tertiary/aromatic N) is 3. The molecule has 0 aliphatic carbocycles. The molecule has 33 heavy (non-hydrogen) atoms. The van der Waals surface area contributed by atoms with Crippen molar-refractivity contribution in [3.8, 4) is 0 Å². The molecule has 2 aromatic carbocycles. The minimum Gasteiger partial charge on any atom is -0.368 e. The third-order valence-corrected chi connectivity index (χ3v) is 6.09. The van der Waals surface area contributed by atoms with Gasteiger partial charge in [-0.05, 0) is 35.7 Å². The summed E-state index contributed by atoms with van der Waals surface area (Å²) in [4.78, 5) is 29.8. The molecule has 9 heteroatoms. The zero-order valence-corrected chi connectivity index (χ0v) is 18.3. The molecule has 0 bridgehead atoms. The van der Waals surface area contributed by atoms with Gasteiger partial charge in [0.15, 0.2) is 0 Å². The minimum atomic E-state index is -4.38. The Morgan fingerprint density at radius 2 is 1.67 bits per heavy atom. The van der Waals surface area contributed by atoms with Crippen LogP contribution in [0.5, 0.6) is 0 Å². The molecule has 0 spiro atoms. The van der Waals surface area contributed by atoms with E-state index >= 15 is 0 Å². The smallest absolute Gasteiger partial charge is 0.368 e. The van der Waals surface area contributed by atoms with Gasteiger partial charge in [0.2, 0.25) is 5.91 Å². The lowest BCUT2D eigenvalue weighted by Crippen LogP contribution is -2.51. The van der Waals surface area contributed by atoms with Crippen LogP contribution < -0.4 is 10.2 Å². The standard InChI is InChI=1S/C24H27F3N4O2/c25-24(26,27)20-6-2-7-21(15-20)29-10-12-30(13-11-29)23(33)28-16-18-4-1-5-19(14-18)17-31-9-3-8-22(31)32/h1-2,4-7,14-15H,3,8-13,16-17H2,(H,28,33). The SMILES string of the molecule is O=C1CCCN1Cc1cccc(CNC(=O)N2CCN(c3cccc(C(F)(F)F)c3)CC2)c1. The molecular weight excluding hydrogens is 433 g/mol. The van der Waals surface area contributed by atoms with Gasteiger partial charge in [0.1, 0.15) is 0 Å². The van der Waals surface area contributed by atoms with Crippen molar-refractivity contribution in [1.82, 2.24) is 15.1 Å². The van der Waals surface area contributed by atoms with E-state index in [4.69, 9.17) is 0 Å². The fourth-order valence-corrected chi connectivity index (χ4v) is 4.27. The first-order valence-corrected chi connectivity index (χ1v) is 11.1. The maximum atomic E-state index is 13.0. The number of halogens is 3. The van der Waals surface area contributed by atoms with E-state index in [0.29, 0.717) is 51.4 Å². The van der Waals surface area contributed by atoms with Gasteiger partial charge < -0.3 is 20.0 Å². The second kappa shape index (κ2) is 9.72. The van der Waals surface area contributed by atoms with Crippen molar-refractivity contribution in [2.45, 2.75) is 32.1 Å². The fourth-order valence-electron chi connectivity index (χ4n) is 4.27. The Bertz CT molecular complexity index is 1000. The summed E-state index contributed by atoms with van der Waals surface area (Å²) in [5, 5.41) is 2.92. The number of rotatable bonds is 5.